The third-order valence-electron chi connectivity index (χ3n) is 5.71. The summed E-state index contributed by atoms with van der Waals surface area (Å²) >= 11 is 0. The van der Waals surface area contributed by atoms with Gasteiger partial charge in [-0.15, -0.1) is 0 Å². The lowest BCUT2D eigenvalue weighted by molar-refractivity contribution is -0.123. The molecule has 8 heteroatoms. The molecule has 3 aromatic carbocycles. The van der Waals surface area contributed by atoms with E-state index in [-0.39, 0.29) is 35.8 Å². The van der Waals surface area contributed by atoms with Gasteiger partial charge in [0.05, 0.1) is 23.1 Å². The molecule has 4 rings (SSSR count). The van der Waals surface area contributed by atoms with E-state index in [1.54, 1.807) is 62.4 Å². The highest BCUT2D eigenvalue weighted by Gasteiger charge is 2.38. The summed E-state index contributed by atoms with van der Waals surface area (Å²) in [6.45, 7) is 3.11. The number of rotatable bonds is 6. The first-order valence-corrected chi connectivity index (χ1v) is 10.7. The van der Waals surface area contributed by atoms with Crippen molar-refractivity contribution in [2.45, 2.75) is 19.3 Å². The maximum Gasteiger partial charge on any atom is 0.279 e. The fraction of sp³-hybridized carbons (Fsp3) is 0.192. The van der Waals surface area contributed by atoms with Crippen molar-refractivity contribution in [1.29, 1.82) is 0 Å². The van der Waals surface area contributed by atoms with Crippen molar-refractivity contribution in [3.05, 3.63) is 100 Å². The van der Waals surface area contributed by atoms with E-state index in [4.69, 9.17) is 0 Å². The number of aliphatic hydroxyl groups is 1. The first kappa shape index (κ1) is 23.3. The van der Waals surface area contributed by atoms with Crippen molar-refractivity contribution in [2.75, 3.05) is 18.1 Å². The van der Waals surface area contributed by atoms with Crippen LogP contribution in [0.5, 0.6) is 0 Å². The van der Waals surface area contributed by atoms with Crippen LogP contribution in [0.4, 0.5) is 14.5 Å². The number of hydrogen-bond acceptors (Lipinski definition) is 4. The van der Waals surface area contributed by atoms with E-state index in [1.807, 2.05) is 6.07 Å². The van der Waals surface area contributed by atoms with Crippen LogP contribution in [0.3, 0.4) is 0 Å². The average molecular weight is 463 g/mol. The van der Waals surface area contributed by atoms with Crippen molar-refractivity contribution in [3.63, 3.8) is 0 Å². The number of amides is 1. The molecule has 0 aliphatic heterocycles. The van der Waals surface area contributed by atoms with Gasteiger partial charge in [0.2, 0.25) is 5.91 Å². The smallest absolute Gasteiger partial charge is 0.279 e. The molecule has 1 aromatic heterocycles. The van der Waals surface area contributed by atoms with E-state index in [0.29, 0.717) is 17.1 Å². The van der Waals surface area contributed by atoms with Crippen LogP contribution in [0.15, 0.2) is 77.6 Å². The number of halogens is 2. The van der Waals surface area contributed by atoms with Gasteiger partial charge in [-0.2, -0.15) is 9.78 Å². The molecule has 6 nitrogen and oxygen atoms in total. The highest BCUT2D eigenvalue weighted by molar-refractivity contribution is 6.03. The molecular formula is C26H23F2N3O3. The summed E-state index contributed by atoms with van der Waals surface area (Å²) in [6, 6.07) is 18.4. The minimum absolute atomic E-state index is 0.0520. The Morgan fingerprint density at radius 3 is 2.29 bits per heavy atom. The molecule has 0 radical (unpaired) electrons. The second-order valence-corrected chi connectivity index (χ2v) is 8.35. The molecule has 0 aliphatic rings. The summed E-state index contributed by atoms with van der Waals surface area (Å²) in [6.07, 6.45) is 0. The molecule has 1 heterocycles. The van der Waals surface area contributed by atoms with Gasteiger partial charge in [-0.25, -0.2) is 8.78 Å². The van der Waals surface area contributed by atoms with Gasteiger partial charge in [0.25, 0.3) is 5.56 Å². The maximum atomic E-state index is 14.6. The SMILES string of the molecule is CC(C)(C(=O)N(CCO)c1ccccc1)c1nn(-c2ccc(F)cc2F)c(=O)c2ccccc12. The monoisotopic (exact) mass is 463 g/mol. The summed E-state index contributed by atoms with van der Waals surface area (Å²) in [5.41, 5.74) is -1.26. The number of nitrogens with zero attached hydrogens (tertiary/aromatic N) is 3. The quantitative estimate of drug-likeness (QED) is 0.470. The van der Waals surface area contributed by atoms with E-state index < -0.39 is 22.6 Å². The fourth-order valence-electron chi connectivity index (χ4n) is 3.96. The molecular weight excluding hydrogens is 440 g/mol. The number of para-hydroxylation sites is 1. The van der Waals surface area contributed by atoms with E-state index in [2.05, 4.69) is 5.10 Å². The topological polar surface area (TPSA) is 75.4 Å². The van der Waals surface area contributed by atoms with Crippen molar-refractivity contribution in [1.82, 2.24) is 9.78 Å². The molecule has 0 unspecified atom stereocenters. The predicted molar refractivity (Wildman–Crippen MR) is 126 cm³/mol. The molecule has 0 saturated carbocycles. The number of fused-ring (bicyclic) bond motifs is 1. The number of anilines is 1. The van der Waals surface area contributed by atoms with Crippen molar-refractivity contribution < 1.29 is 18.7 Å². The Morgan fingerprint density at radius 1 is 1.00 bits per heavy atom. The molecule has 0 saturated heterocycles. The van der Waals surface area contributed by atoms with E-state index >= 15 is 0 Å². The minimum atomic E-state index is -1.28. The molecule has 174 valence electrons. The lowest BCUT2D eigenvalue weighted by atomic mass is 9.84. The Balaban J connectivity index is 1.94. The van der Waals surface area contributed by atoms with Gasteiger partial charge in [-0.1, -0.05) is 36.4 Å². The third-order valence-corrected chi connectivity index (χ3v) is 5.71. The van der Waals surface area contributed by atoms with Crippen LogP contribution in [-0.2, 0) is 10.2 Å². The van der Waals surface area contributed by atoms with Gasteiger partial charge in [-0.05, 0) is 44.2 Å². The van der Waals surface area contributed by atoms with Gasteiger partial charge in [0, 0.05) is 23.7 Å². The van der Waals surface area contributed by atoms with Crippen molar-refractivity contribution in [2.24, 2.45) is 0 Å². The van der Waals surface area contributed by atoms with Crippen molar-refractivity contribution in [3.8, 4) is 5.69 Å². The van der Waals surface area contributed by atoms with Crippen LogP contribution in [0.2, 0.25) is 0 Å². The number of aliphatic hydroxyl groups excluding tert-OH is 1. The fourth-order valence-corrected chi connectivity index (χ4v) is 3.96. The molecule has 0 atom stereocenters. The van der Waals surface area contributed by atoms with Gasteiger partial charge >= 0.3 is 0 Å². The second-order valence-electron chi connectivity index (χ2n) is 8.35. The third kappa shape index (κ3) is 4.08. The normalized spacial score (nSPS) is 11.6. The predicted octanol–water partition coefficient (Wildman–Crippen LogP) is 3.97. The number of benzene rings is 3. The second kappa shape index (κ2) is 9.15. The molecule has 1 amide bonds. The molecule has 1 N–H and O–H groups in total. The molecule has 0 fully saturated rings. The highest BCUT2D eigenvalue weighted by Crippen LogP contribution is 2.31. The Hall–Kier alpha value is -3.91. The van der Waals surface area contributed by atoms with Crippen LogP contribution in [-0.4, -0.2) is 33.9 Å². The van der Waals surface area contributed by atoms with Crippen LogP contribution >= 0.6 is 0 Å². The Kier molecular flexibility index (Phi) is 6.26. The molecule has 34 heavy (non-hydrogen) atoms. The Morgan fingerprint density at radius 2 is 1.65 bits per heavy atom. The van der Waals surface area contributed by atoms with Crippen LogP contribution in [0.25, 0.3) is 16.5 Å². The summed E-state index contributed by atoms with van der Waals surface area (Å²) < 4.78 is 29.0. The number of hydrogen-bond donors (Lipinski definition) is 1. The molecule has 4 aromatic rings. The zero-order chi connectivity index (χ0) is 24.5. The van der Waals surface area contributed by atoms with E-state index in [9.17, 15) is 23.5 Å². The van der Waals surface area contributed by atoms with E-state index in [0.717, 1.165) is 16.8 Å². The Bertz CT molecular complexity index is 1420. The van der Waals surface area contributed by atoms with Crippen LogP contribution < -0.4 is 10.5 Å². The summed E-state index contributed by atoms with van der Waals surface area (Å²) in [5, 5.41) is 14.7. The lowest BCUT2D eigenvalue weighted by Gasteiger charge is -2.32. The number of carbonyl (C=O) groups excluding carboxylic acids is 1. The van der Waals surface area contributed by atoms with Crippen molar-refractivity contribution >= 4 is 22.4 Å². The van der Waals surface area contributed by atoms with Gasteiger partial charge < -0.3 is 10.0 Å². The molecule has 0 aliphatic carbocycles. The standard InChI is InChI=1S/C26H23F2N3O3/c1-26(2,25(34)30(14-15-32)18-8-4-3-5-9-18)23-19-10-6-7-11-20(19)24(33)31(29-23)22-13-12-17(27)16-21(22)28/h3-13,16,32H,14-15H2,1-2H3. The average Bonchev–Trinajstić information content (AvgIpc) is 2.83. The van der Waals surface area contributed by atoms with Gasteiger partial charge in [-0.3, -0.25) is 9.59 Å². The van der Waals surface area contributed by atoms with Gasteiger partial charge in [0.15, 0.2) is 5.82 Å². The lowest BCUT2D eigenvalue weighted by Crippen LogP contribution is -2.46. The zero-order valence-corrected chi connectivity index (χ0v) is 18.7. The first-order valence-electron chi connectivity index (χ1n) is 10.7. The summed E-state index contributed by atoms with van der Waals surface area (Å²) in [4.78, 5) is 28.4. The molecule has 0 bridgehead atoms. The largest absolute Gasteiger partial charge is 0.395 e. The maximum absolute atomic E-state index is 14.6. The van der Waals surface area contributed by atoms with Crippen LogP contribution in [0, 0.1) is 11.6 Å². The van der Waals surface area contributed by atoms with Crippen LogP contribution in [0.1, 0.15) is 19.5 Å². The summed E-state index contributed by atoms with van der Waals surface area (Å²) in [7, 11) is 0. The molecule has 0 spiro atoms. The zero-order valence-electron chi connectivity index (χ0n) is 18.7. The van der Waals surface area contributed by atoms with E-state index in [1.165, 1.54) is 4.90 Å². The summed E-state index contributed by atoms with van der Waals surface area (Å²) in [5.74, 6) is -2.10. The highest BCUT2D eigenvalue weighted by atomic mass is 19.1. The number of carbonyl (C=O) groups is 1. The first-order chi connectivity index (χ1) is 16.3. The van der Waals surface area contributed by atoms with Gasteiger partial charge in [0.1, 0.15) is 11.5 Å². The number of aromatic nitrogens is 2. The Labute approximate surface area is 194 Å². The minimum Gasteiger partial charge on any atom is -0.395 e.